The van der Waals surface area contributed by atoms with Crippen molar-refractivity contribution < 1.29 is 14.9 Å². The van der Waals surface area contributed by atoms with E-state index in [4.69, 9.17) is 10.5 Å². The number of hydrogen-bond acceptors (Lipinski definition) is 6. The lowest BCUT2D eigenvalue weighted by molar-refractivity contribution is 0.378. The molecule has 1 atom stereocenters. The molecular formula is C14H12N4O3. The van der Waals surface area contributed by atoms with Crippen LogP contribution in [0.5, 0.6) is 17.4 Å². The number of benzene rings is 1. The molecule has 0 radical (unpaired) electrons. The van der Waals surface area contributed by atoms with Crippen molar-refractivity contribution in [2.75, 3.05) is 0 Å². The smallest absolute Gasteiger partial charge is 0.244 e. The Kier molecular flexibility index (Phi) is 2.73. The molecule has 2 heterocycles. The molecule has 5 N–H and O–H groups in total. The molecule has 7 heteroatoms. The fourth-order valence-electron chi connectivity index (χ4n) is 2.45. The first-order chi connectivity index (χ1) is 10.0. The maximum atomic E-state index is 9.69. The van der Waals surface area contributed by atoms with Crippen molar-refractivity contribution in [1.29, 1.82) is 5.26 Å². The van der Waals surface area contributed by atoms with E-state index >= 15 is 0 Å². The Labute approximate surface area is 119 Å². The first kappa shape index (κ1) is 12.9. The standard InChI is InChI=1S/C14H12N4O3/c1-6-11-12(7-2-3-9(19)10(20)4-7)8(5-15)13(16)21-14(11)18-17-6/h2-4,12,19-20H,16H2,1H3,(H,17,18)/t12-/m0/s1. The van der Waals surface area contributed by atoms with E-state index in [-0.39, 0.29) is 23.0 Å². The summed E-state index contributed by atoms with van der Waals surface area (Å²) in [4.78, 5) is 0. The largest absolute Gasteiger partial charge is 0.504 e. The number of aryl methyl sites for hydroxylation is 1. The van der Waals surface area contributed by atoms with Gasteiger partial charge in [-0.2, -0.15) is 5.26 Å². The lowest BCUT2D eigenvalue weighted by atomic mass is 9.84. The number of phenolic OH excluding ortho intramolecular Hbond substituents is 2. The molecule has 0 aliphatic carbocycles. The monoisotopic (exact) mass is 284 g/mol. The zero-order chi connectivity index (χ0) is 15.1. The van der Waals surface area contributed by atoms with E-state index < -0.39 is 5.92 Å². The number of ether oxygens (including phenoxy) is 1. The Morgan fingerprint density at radius 3 is 2.81 bits per heavy atom. The number of fused-ring (bicyclic) bond motifs is 1. The van der Waals surface area contributed by atoms with Crippen molar-refractivity contribution >= 4 is 0 Å². The van der Waals surface area contributed by atoms with Crippen LogP contribution in [0, 0.1) is 18.3 Å². The SMILES string of the molecule is Cc1[nH]nc2c1[C@@H](c1ccc(O)c(O)c1)C(C#N)=C(N)O2. The summed E-state index contributed by atoms with van der Waals surface area (Å²) in [6.07, 6.45) is 0. The fraction of sp³-hybridized carbons (Fsp3) is 0.143. The van der Waals surface area contributed by atoms with Gasteiger partial charge in [0.1, 0.15) is 11.6 Å². The van der Waals surface area contributed by atoms with Crippen LogP contribution >= 0.6 is 0 Å². The molecule has 1 aromatic heterocycles. The Morgan fingerprint density at radius 1 is 1.38 bits per heavy atom. The minimum Gasteiger partial charge on any atom is -0.504 e. The molecule has 0 bridgehead atoms. The lowest BCUT2D eigenvalue weighted by Crippen LogP contribution is -2.21. The third kappa shape index (κ3) is 1.85. The third-order valence-electron chi connectivity index (χ3n) is 3.46. The topological polar surface area (TPSA) is 128 Å². The van der Waals surface area contributed by atoms with Crippen LogP contribution in [0.25, 0.3) is 0 Å². The number of aromatic amines is 1. The van der Waals surface area contributed by atoms with Crippen molar-refractivity contribution in [2.24, 2.45) is 5.73 Å². The van der Waals surface area contributed by atoms with Crippen LogP contribution in [-0.4, -0.2) is 20.4 Å². The van der Waals surface area contributed by atoms with Crippen LogP contribution < -0.4 is 10.5 Å². The number of phenols is 2. The van der Waals surface area contributed by atoms with E-state index in [1.165, 1.54) is 12.1 Å². The highest BCUT2D eigenvalue weighted by Gasteiger charge is 2.34. The minimum absolute atomic E-state index is 0.0194. The van der Waals surface area contributed by atoms with Crippen molar-refractivity contribution in [3.05, 3.63) is 46.5 Å². The van der Waals surface area contributed by atoms with Gasteiger partial charge in [-0.25, -0.2) is 0 Å². The van der Waals surface area contributed by atoms with Crippen LogP contribution in [0.15, 0.2) is 29.7 Å². The molecule has 0 amide bonds. The summed E-state index contributed by atoms with van der Waals surface area (Å²) in [5, 5.41) is 35.3. The van der Waals surface area contributed by atoms with Gasteiger partial charge in [0, 0.05) is 11.3 Å². The average Bonchev–Trinajstić information content (AvgIpc) is 2.81. The number of nitrogens with zero attached hydrogens (tertiary/aromatic N) is 2. The predicted octanol–water partition coefficient (Wildman–Crippen LogP) is 1.35. The normalized spacial score (nSPS) is 17.0. The van der Waals surface area contributed by atoms with E-state index in [0.29, 0.717) is 17.0 Å². The molecule has 3 rings (SSSR count). The molecular weight excluding hydrogens is 272 g/mol. The van der Waals surface area contributed by atoms with Gasteiger partial charge < -0.3 is 20.7 Å². The van der Waals surface area contributed by atoms with Gasteiger partial charge in [0.25, 0.3) is 0 Å². The summed E-state index contributed by atoms with van der Waals surface area (Å²) in [5.41, 5.74) is 8.05. The minimum atomic E-state index is -0.510. The number of H-pyrrole nitrogens is 1. The Hall–Kier alpha value is -3.14. The molecule has 21 heavy (non-hydrogen) atoms. The Morgan fingerprint density at radius 2 is 2.14 bits per heavy atom. The Bertz CT molecular complexity index is 801. The molecule has 106 valence electrons. The fourth-order valence-corrected chi connectivity index (χ4v) is 2.45. The summed E-state index contributed by atoms with van der Waals surface area (Å²) in [6.45, 7) is 1.80. The van der Waals surface area contributed by atoms with Crippen LogP contribution in [0.3, 0.4) is 0 Å². The van der Waals surface area contributed by atoms with E-state index in [1.807, 2.05) is 6.07 Å². The molecule has 0 saturated heterocycles. The summed E-state index contributed by atoms with van der Waals surface area (Å²) in [6, 6.07) is 6.41. The number of nitrogens with two attached hydrogens (primary N) is 1. The first-order valence-electron chi connectivity index (χ1n) is 6.17. The highest BCUT2D eigenvalue weighted by molar-refractivity contribution is 5.56. The second-order valence-corrected chi connectivity index (χ2v) is 4.74. The second-order valence-electron chi connectivity index (χ2n) is 4.74. The predicted molar refractivity (Wildman–Crippen MR) is 72.4 cm³/mol. The molecule has 2 aromatic rings. The van der Waals surface area contributed by atoms with Gasteiger partial charge in [-0.1, -0.05) is 6.07 Å². The molecule has 1 aliphatic rings. The van der Waals surface area contributed by atoms with Gasteiger partial charge in [0.15, 0.2) is 11.5 Å². The maximum absolute atomic E-state index is 9.69. The quantitative estimate of drug-likeness (QED) is 0.585. The number of nitrogens with one attached hydrogen (secondary N) is 1. The van der Waals surface area contributed by atoms with E-state index in [0.717, 1.165) is 5.69 Å². The lowest BCUT2D eigenvalue weighted by Gasteiger charge is -2.23. The van der Waals surface area contributed by atoms with E-state index in [9.17, 15) is 15.5 Å². The summed E-state index contributed by atoms with van der Waals surface area (Å²) in [5.74, 6) is -0.720. The first-order valence-corrected chi connectivity index (χ1v) is 6.17. The van der Waals surface area contributed by atoms with Crippen LogP contribution in [0.2, 0.25) is 0 Å². The number of aromatic nitrogens is 2. The van der Waals surface area contributed by atoms with Gasteiger partial charge in [-0.3, -0.25) is 5.10 Å². The van der Waals surface area contributed by atoms with Crippen molar-refractivity contribution in [1.82, 2.24) is 10.2 Å². The number of allylic oxidation sites excluding steroid dienone is 1. The van der Waals surface area contributed by atoms with Crippen LogP contribution in [-0.2, 0) is 0 Å². The number of aromatic hydroxyl groups is 2. The highest BCUT2D eigenvalue weighted by atomic mass is 16.5. The number of nitriles is 1. The Balaban J connectivity index is 2.24. The van der Waals surface area contributed by atoms with E-state index in [2.05, 4.69) is 10.2 Å². The van der Waals surface area contributed by atoms with Crippen LogP contribution in [0.4, 0.5) is 0 Å². The summed E-state index contributed by atoms with van der Waals surface area (Å²) < 4.78 is 5.34. The van der Waals surface area contributed by atoms with Gasteiger partial charge >= 0.3 is 0 Å². The summed E-state index contributed by atoms with van der Waals surface area (Å²) >= 11 is 0. The number of rotatable bonds is 1. The van der Waals surface area contributed by atoms with Gasteiger partial charge in [0.2, 0.25) is 11.8 Å². The highest BCUT2D eigenvalue weighted by Crippen LogP contribution is 2.43. The molecule has 0 fully saturated rings. The van der Waals surface area contributed by atoms with Crippen molar-refractivity contribution in [3.63, 3.8) is 0 Å². The second kappa shape index (κ2) is 4.45. The average molecular weight is 284 g/mol. The van der Waals surface area contributed by atoms with Gasteiger partial charge in [-0.15, -0.1) is 5.10 Å². The van der Waals surface area contributed by atoms with Crippen molar-refractivity contribution in [3.8, 4) is 23.4 Å². The molecule has 1 aromatic carbocycles. The zero-order valence-corrected chi connectivity index (χ0v) is 11.1. The van der Waals surface area contributed by atoms with E-state index in [1.54, 1.807) is 13.0 Å². The third-order valence-corrected chi connectivity index (χ3v) is 3.46. The molecule has 0 unspecified atom stereocenters. The molecule has 0 saturated carbocycles. The summed E-state index contributed by atoms with van der Waals surface area (Å²) in [7, 11) is 0. The maximum Gasteiger partial charge on any atom is 0.244 e. The van der Waals surface area contributed by atoms with Gasteiger partial charge in [-0.05, 0) is 24.6 Å². The molecule has 0 spiro atoms. The number of hydrogen-bond donors (Lipinski definition) is 4. The van der Waals surface area contributed by atoms with Crippen molar-refractivity contribution in [2.45, 2.75) is 12.8 Å². The van der Waals surface area contributed by atoms with Gasteiger partial charge in [0.05, 0.1) is 5.92 Å². The molecule has 1 aliphatic heterocycles. The molecule has 7 nitrogen and oxygen atoms in total. The zero-order valence-electron chi connectivity index (χ0n) is 11.1. The van der Waals surface area contributed by atoms with Crippen LogP contribution in [0.1, 0.15) is 22.7 Å².